The molecule has 0 radical (unpaired) electrons. The smallest absolute Gasteiger partial charge is 0.136 e. The number of Topliss-reactive ketones (excluding diaryl/α,β-unsaturated/α-hetero) is 1. The average molecular weight is 254 g/mol. The van der Waals surface area contributed by atoms with E-state index in [9.17, 15) is 4.79 Å². The molecule has 1 saturated carbocycles. The summed E-state index contributed by atoms with van der Waals surface area (Å²) in [4.78, 5) is 12.4. The van der Waals surface area contributed by atoms with Gasteiger partial charge in [0.1, 0.15) is 5.78 Å². The van der Waals surface area contributed by atoms with Crippen molar-refractivity contribution in [1.29, 1.82) is 0 Å². The fourth-order valence-electron chi connectivity index (χ4n) is 3.51. The van der Waals surface area contributed by atoms with Gasteiger partial charge in [0.15, 0.2) is 0 Å². The molecule has 0 N–H and O–H groups in total. The van der Waals surface area contributed by atoms with Gasteiger partial charge >= 0.3 is 0 Å². The van der Waals surface area contributed by atoms with Crippen LogP contribution in [0.3, 0.4) is 0 Å². The number of carbonyl (C=O) groups excluding carboxylic acids is 1. The van der Waals surface area contributed by atoms with Gasteiger partial charge in [-0.3, -0.25) is 4.79 Å². The second-order valence-electron chi connectivity index (χ2n) is 5.79. The standard InChI is InChI=1S/C15H26OS/c1-2-13-5-3-4-6-14(13)15(16)11-12-7-9-17-10-8-12/h12-14H,2-11H2,1H3. The van der Waals surface area contributed by atoms with Crippen molar-refractivity contribution in [2.24, 2.45) is 17.8 Å². The minimum Gasteiger partial charge on any atom is -0.299 e. The third-order valence-corrected chi connectivity index (χ3v) is 5.73. The van der Waals surface area contributed by atoms with Crippen molar-refractivity contribution < 1.29 is 4.79 Å². The molecule has 1 heterocycles. The summed E-state index contributed by atoms with van der Waals surface area (Å²) in [6.07, 6.45) is 9.76. The van der Waals surface area contributed by atoms with Gasteiger partial charge in [0.2, 0.25) is 0 Å². The minimum absolute atomic E-state index is 0.420. The zero-order chi connectivity index (χ0) is 12.1. The Bertz CT molecular complexity index is 245. The van der Waals surface area contributed by atoms with Crippen LogP contribution >= 0.6 is 11.8 Å². The molecule has 0 aromatic carbocycles. The topological polar surface area (TPSA) is 17.1 Å². The van der Waals surface area contributed by atoms with Crippen LogP contribution in [0.4, 0.5) is 0 Å². The van der Waals surface area contributed by atoms with Crippen LogP contribution in [-0.4, -0.2) is 17.3 Å². The summed E-state index contributed by atoms with van der Waals surface area (Å²) in [5.74, 6) is 4.99. The van der Waals surface area contributed by atoms with E-state index >= 15 is 0 Å². The highest BCUT2D eigenvalue weighted by Crippen LogP contribution is 2.35. The third kappa shape index (κ3) is 3.74. The molecule has 0 bridgehead atoms. The molecule has 0 aromatic heterocycles. The number of thioether (sulfide) groups is 1. The Morgan fingerprint density at radius 1 is 1.12 bits per heavy atom. The molecule has 2 aliphatic rings. The van der Waals surface area contributed by atoms with Crippen molar-refractivity contribution in [3.8, 4) is 0 Å². The first-order valence-corrected chi connectivity index (χ1v) is 8.57. The first kappa shape index (κ1) is 13.5. The predicted octanol–water partition coefficient (Wildman–Crippen LogP) is 4.31. The Morgan fingerprint density at radius 3 is 2.53 bits per heavy atom. The molecule has 1 saturated heterocycles. The first-order valence-electron chi connectivity index (χ1n) is 7.41. The van der Waals surface area contributed by atoms with Crippen LogP contribution in [-0.2, 0) is 4.79 Å². The molecule has 2 heteroatoms. The predicted molar refractivity (Wildman–Crippen MR) is 75.4 cm³/mol. The van der Waals surface area contributed by atoms with Crippen molar-refractivity contribution in [3.63, 3.8) is 0 Å². The van der Waals surface area contributed by atoms with E-state index in [-0.39, 0.29) is 0 Å². The number of hydrogen-bond acceptors (Lipinski definition) is 2. The maximum atomic E-state index is 12.4. The Hall–Kier alpha value is 0.0200. The van der Waals surface area contributed by atoms with Crippen molar-refractivity contribution >= 4 is 17.5 Å². The lowest BCUT2D eigenvalue weighted by Crippen LogP contribution is -2.29. The Kier molecular flexibility index (Phi) is 5.40. The molecule has 2 rings (SSSR count). The van der Waals surface area contributed by atoms with E-state index in [2.05, 4.69) is 18.7 Å². The van der Waals surface area contributed by atoms with E-state index < -0.39 is 0 Å². The summed E-state index contributed by atoms with van der Waals surface area (Å²) in [6.45, 7) is 2.26. The third-order valence-electron chi connectivity index (χ3n) is 4.68. The van der Waals surface area contributed by atoms with Gasteiger partial charge in [0, 0.05) is 12.3 Å². The monoisotopic (exact) mass is 254 g/mol. The van der Waals surface area contributed by atoms with Crippen LogP contribution in [0.2, 0.25) is 0 Å². The fourth-order valence-corrected chi connectivity index (χ4v) is 4.71. The van der Waals surface area contributed by atoms with Gasteiger partial charge < -0.3 is 0 Å². The molecule has 1 aliphatic heterocycles. The highest BCUT2D eigenvalue weighted by Gasteiger charge is 2.30. The fraction of sp³-hybridized carbons (Fsp3) is 0.933. The minimum atomic E-state index is 0.420. The molecule has 1 nitrogen and oxygen atoms in total. The van der Waals surface area contributed by atoms with Crippen molar-refractivity contribution in [2.45, 2.75) is 58.3 Å². The lowest BCUT2D eigenvalue weighted by Gasteiger charge is -2.31. The van der Waals surface area contributed by atoms with Gasteiger partial charge in [-0.15, -0.1) is 0 Å². The highest BCUT2D eigenvalue weighted by molar-refractivity contribution is 7.99. The van der Waals surface area contributed by atoms with Crippen molar-refractivity contribution in [1.82, 2.24) is 0 Å². The molecule has 2 atom stereocenters. The molecular formula is C15H26OS. The molecule has 17 heavy (non-hydrogen) atoms. The van der Waals surface area contributed by atoms with Crippen LogP contribution < -0.4 is 0 Å². The number of ketones is 1. The SMILES string of the molecule is CCC1CCCCC1C(=O)CC1CCSCC1. The largest absolute Gasteiger partial charge is 0.299 e. The summed E-state index contributed by atoms with van der Waals surface area (Å²) in [6, 6.07) is 0. The molecule has 0 spiro atoms. The first-order chi connectivity index (χ1) is 8.31. The number of rotatable bonds is 4. The summed E-state index contributed by atoms with van der Waals surface area (Å²) in [5, 5.41) is 0. The quantitative estimate of drug-likeness (QED) is 0.744. The number of carbonyl (C=O) groups is 1. The van der Waals surface area contributed by atoms with E-state index in [4.69, 9.17) is 0 Å². The molecule has 0 amide bonds. The highest BCUT2D eigenvalue weighted by atomic mass is 32.2. The second-order valence-corrected chi connectivity index (χ2v) is 7.01. The maximum Gasteiger partial charge on any atom is 0.136 e. The molecule has 0 aromatic rings. The normalized spacial score (nSPS) is 31.4. The van der Waals surface area contributed by atoms with Gasteiger partial charge in [-0.05, 0) is 49.0 Å². The van der Waals surface area contributed by atoms with Gasteiger partial charge in [-0.2, -0.15) is 11.8 Å². The van der Waals surface area contributed by atoms with Gasteiger partial charge in [0.05, 0.1) is 0 Å². The summed E-state index contributed by atoms with van der Waals surface area (Å²) in [7, 11) is 0. The van der Waals surface area contributed by atoms with Crippen LogP contribution in [0.5, 0.6) is 0 Å². The van der Waals surface area contributed by atoms with E-state index in [1.54, 1.807) is 0 Å². The maximum absolute atomic E-state index is 12.4. The molecule has 1 aliphatic carbocycles. The lowest BCUT2D eigenvalue weighted by molar-refractivity contribution is -0.126. The van der Waals surface area contributed by atoms with Crippen LogP contribution in [0.1, 0.15) is 58.3 Å². The molecule has 2 fully saturated rings. The van der Waals surface area contributed by atoms with Crippen molar-refractivity contribution in [3.05, 3.63) is 0 Å². The Labute approximate surface area is 110 Å². The Balaban J connectivity index is 1.84. The van der Waals surface area contributed by atoms with E-state index in [1.165, 1.54) is 56.5 Å². The van der Waals surface area contributed by atoms with E-state index in [1.807, 2.05) is 0 Å². The second kappa shape index (κ2) is 6.82. The molecular weight excluding hydrogens is 228 g/mol. The van der Waals surface area contributed by atoms with E-state index in [0.29, 0.717) is 23.5 Å². The van der Waals surface area contributed by atoms with Crippen LogP contribution in [0.15, 0.2) is 0 Å². The lowest BCUT2D eigenvalue weighted by atomic mass is 9.74. The number of hydrogen-bond donors (Lipinski definition) is 0. The summed E-state index contributed by atoms with van der Waals surface area (Å²) >= 11 is 2.06. The summed E-state index contributed by atoms with van der Waals surface area (Å²) in [5.41, 5.74) is 0. The Morgan fingerprint density at radius 2 is 1.82 bits per heavy atom. The van der Waals surface area contributed by atoms with Crippen molar-refractivity contribution in [2.75, 3.05) is 11.5 Å². The van der Waals surface area contributed by atoms with Crippen LogP contribution in [0, 0.1) is 17.8 Å². The van der Waals surface area contributed by atoms with Gasteiger partial charge in [-0.25, -0.2) is 0 Å². The van der Waals surface area contributed by atoms with Gasteiger partial charge in [0.25, 0.3) is 0 Å². The molecule has 2 unspecified atom stereocenters. The zero-order valence-corrected chi connectivity index (χ0v) is 11.9. The zero-order valence-electron chi connectivity index (χ0n) is 11.1. The van der Waals surface area contributed by atoms with Gasteiger partial charge in [-0.1, -0.05) is 26.2 Å². The van der Waals surface area contributed by atoms with Crippen LogP contribution in [0.25, 0.3) is 0 Å². The van der Waals surface area contributed by atoms with E-state index in [0.717, 1.165) is 6.42 Å². The molecule has 98 valence electrons. The summed E-state index contributed by atoms with van der Waals surface area (Å²) < 4.78 is 0. The average Bonchev–Trinajstić information content (AvgIpc) is 2.40.